The number of unbranched alkanes of at least 4 members (excludes halogenated alkanes) is 2. The van der Waals surface area contributed by atoms with Gasteiger partial charge in [0.2, 0.25) is 0 Å². The number of aromatic nitrogens is 2. The van der Waals surface area contributed by atoms with E-state index in [1.165, 1.54) is 11.8 Å². The summed E-state index contributed by atoms with van der Waals surface area (Å²) in [5.41, 5.74) is 0. The van der Waals surface area contributed by atoms with E-state index in [9.17, 15) is 9.59 Å². The molecule has 0 atom stereocenters. The van der Waals surface area contributed by atoms with Gasteiger partial charge in [0, 0.05) is 12.2 Å². The van der Waals surface area contributed by atoms with Gasteiger partial charge in [-0.3, -0.25) is 4.79 Å². The molecule has 0 aromatic carbocycles. The molecule has 0 aliphatic heterocycles. The molecule has 0 unspecified atom stereocenters. The smallest absolute Gasteiger partial charge is 0.396 e. The third-order valence-corrected chi connectivity index (χ3v) is 3.02. The second kappa shape index (κ2) is 8.52. The lowest BCUT2D eigenvalue weighted by atomic mass is 10.2. The maximum Gasteiger partial charge on any atom is 0.396 e. The van der Waals surface area contributed by atoms with Crippen LogP contribution in [0.2, 0.25) is 0 Å². The minimum absolute atomic E-state index is 0.143. The van der Waals surface area contributed by atoms with Crippen molar-refractivity contribution in [3.05, 3.63) is 5.89 Å². The van der Waals surface area contributed by atoms with Gasteiger partial charge in [0.15, 0.2) is 0 Å². The first kappa shape index (κ1) is 15.5. The zero-order chi connectivity index (χ0) is 14.1. The summed E-state index contributed by atoms with van der Waals surface area (Å²) in [6.45, 7) is 1.95. The van der Waals surface area contributed by atoms with Gasteiger partial charge in [-0.25, -0.2) is 4.79 Å². The number of ether oxygens (including phenoxy) is 1. The standard InChI is InChI=1S/C11H16N2O5S/c1-2-17-10(16)9-12-13-11(18-9)19-7-5-3-4-6-8(14)15/h2-7H2,1H3,(H,14,15). The minimum atomic E-state index is -0.774. The summed E-state index contributed by atoms with van der Waals surface area (Å²) < 4.78 is 9.84. The molecule has 0 aliphatic rings. The Morgan fingerprint density at radius 1 is 1.32 bits per heavy atom. The number of rotatable bonds is 9. The van der Waals surface area contributed by atoms with Gasteiger partial charge in [0.05, 0.1) is 6.61 Å². The maximum atomic E-state index is 11.3. The van der Waals surface area contributed by atoms with Crippen molar-refractivity contribution in [1.82, 2.24) is 10.2 Å². The second-order valence-corrected chi connectivity index (χ2v) is 4.69. The zero-order valence-electron chi connectivity index (χ0n) is 10.6. The van der Waals surface area contributed by atoms with Crippen molar-refractivity contribution >= 4 is 23.7 Å². The summed E-state index contributed by atoms with van der Waals surface area (Å²) in [5.74, 6) is -0.800. The van der Waals surface area contributed by atoms with Gasteiger partial charge in [-0.05, 0) is 19.8 Å². The van der Waals surface area contributed by atoms with Crippen LogP contribution in [0.1, 0.15) is 43.3 Å². The molecule has 0 radical (unpaired) electrons. The van der Waals surface area contributed by atoms with E-state index < -0.39 is 11.9 Å². The molecule has 106 valence electrons. The SMILES string of the molecule is CCOC(=O)c1nnc(SCCCCCC(=O)O)o1. The van der Waals surface area contributed by atoms with Gasteiger partial charge in [-0.2, -0.15) is 0 Å². The number of carboxylic acid groups (broad SMARTS) is 1. The van der Waals surface area contributed by atoms with E-state index in [0.29, 0.717) is 11.6 Å². The summed E-state index contributed by atoms with van der Waals surface area (Å²) in [5, 5.41) is 16.1. The first-order chi connectivity index (χ1) is 9.13. The van der Waals surface area contributed by atoms with Crippen molar-refractivity contribution in [2.75, 3.05) is 12.4 Å². The highest BCUT2D eigenvalue weighted by Crippen LogP contribution is 2.18. The number of thioether (sulfide) groups is 1. The third-order valence-electron chi connectivity index (χ3n) is 2.12. The zero-order valence-corrected chi connectivity index (χ0v) is 11.4. The number of carbonyl (C=O) groups is 2. The third kappa shape index (κ3) is 6.23. The molecule has 0 fully saturated rings. The largest absolute Gasteiger partial charge is 0.481 e. The molecule has 19 heavy (non-hydrogen) atoms. The molecule has 0 aliphatic carbocycles. The quantitative estimate of drug-likeness (QED) is 0.418. The summed E-state index contributed by atoms with van der Waals surface area (Å²) in [6.07, 6.45) is 2.54. The number of carbonyl (C=O) groups excluding carboxylic acids is 1. The van der Waals surface area contributed by atoms with E-state index in [0.717, 1.165) is 18.6 Å². The second-order valence-electron chi connectivity index (χ2n) is 3.65. The molecule has 0 saturated carbocycles. The highest BCUT2D eigenvalue weighted by Gasteiger charge is 2.15. The van der Waals surface area contributed by atoms with Crippen LogP contribution in [0, 0.1) is 0 Å². The van der Waals surface area contributed by atoms with Crippen molar-refractivity contribution in [3.8, 4) is 0 Å². The van der Waals surface area contributed by atoms with E-state index in [4.69, 9.17) is 14.3 Å². The van der Waals surface area contributed by atoms with Crippen molar-refractivity contribution < 1.29 is 23.8 Å². The number of esters is 1. The number of hydrogen-bond donors (Lipinski definition) is 1. The lowest BCUT2D eigenvalue weighted by Crippen LogP contribution is -2.04. The molecule has 8 heteroatoms. The van der Waals surface area contributed by atoms with E-state index in [2.05, 4.69) is 10.2 Å². The Hall–Kier alpha value is -1.57. The van der Waals surface area contributed by atoms with Gasteiger partial charge < -0.3 is 14.3 Å². The fourth-order valence-corrected chi connectivity index (χ4v) is 2.02. The fourth-order valence-electron chi connectivity index (χ4n) is 1.26. The summed E-state index contributed by atoms with van der Waals surface area (Å²) >= 11 is 1.34. The van der Waals surface area contributed by atoms with Crippen LogP contribution >= 0.6 is 11.8 Å². The minimum Gasteiger partial charge on any atom is -0.481 e. The first-order valence-electron chi connectivity index (χ1n) is 5.98. The van der Waals surface area contributed by atoms with E-state index in [1.807, 2.05) is 0 Å². The van der Waals surface area contributed by atoms with Crippen LogP contribution in [0.3, 0.4) is 0 Å². The van der Waals surface area contributed by atoms with Crippen molar-refractivity contribution in [1.29, 1.82) is 0 Å². The highest BCUT2D eigenvalue weighted by atomic mass is 32.2. The molecule has 0 amide bonds. The van der Waals surface area contributed by atoms with Gasteiger partial charge in [-0.1, -0.05) is 23.3 Å². The number of carboxylic acids is 1. The summed E-state index contributed by atoms with van der Waals surface area (Å²) in [4.78, 5) is 21.5. The van der Waals surface area contributed by atoms with Crippen LogP contribution in [-0.2, 0) is 9.53 Å². The molecule has 0 spiro atoms. The Kier molecular flexibility index (Phi) is 6.94. The molecule has 1 rings (SSSR count). The first-order valence-corrected chi connectivity index (χ1v) is 6.97. The predicted molar refractivity (Wildman–Crippen MR) is 67.1 cm³/mol. The Balaban J connectivity index is 2.19. The fraction of sp³-hybridized carbons (Fsp3) is 0.636. The number of aliphatic carboxylic acids is 1. The molecule has 7 nitrogen and oxygen atoms in total. The van der Waals surface area contributed by atoms with Gasteiger partial charge in [0.25, 0.3) is 5.22 Å². The summed E-state index contributed by atoms with van der Waals surface area (Å²) in [7, 11) is 0. The van der Waals surface area contributed by atoms with Gasteiger partial charge >= 0.3 is 17.8 Å². The topological polar surface area (TPSA) is 103 Å². The molecule has 1 aromatic rings. The molecular formula is C11H16N2O5S. The van der Waals surface area contributed by atoms with Crippen LogP contribution in [0.15, 0.2) is 9.64 Å². The number of nitrogens with zero attached hydrogens (tertiary/aromatic N) is 2. The van der Waals surface area contributed by atoms with Crippen molar-refractivity contribution in [2.45, 2.75) is 37.8 Å². The Bertz CT molecular complexity index is 421. The lowest BCUT2D eigenvalue weighted by Gasteiger charge is -1.97. The van der Waals surface area contributed by atoms with Crippen LogP contribution in [0.5, 0.6) is 0 Å². The van der Waals surface area contributed by atoms with E-state index >= 15 is 0 Å². The molecule has 0 bridgehead atoms. The maximum absolute atomic E-state index is 11.3. The van der Waals surface area contributed by atoms with Crippen LogP contribution in [0.25, 0.3) is 0 Å². The molecular weight excluding hydrogens is 272 g/mol. The van der Waals surface area contributed by atoms with Gasteiger partial charge in [-0.15, -0.1) is 5.10 Å². The van der Waals surface area contributed by atoms with Crippen molar-refractivity contribution in [3.63, 3.8) is 0 Å². The molecule has 0 saturated heterocycles. The lowest BCUT2D eigenvalue weighted by molar-refractivity contribution is -0.137. The van der Waals surface area contributed by atoms with E-state index in [1.54, 1.807) is 6.92 Å². The summed E-state index contributed by atoms with van der Waals surface area (Å²) in [6, 6.07) is 0. The normalized spacial score (nSPS) is 10.4. The van der Waals surface area contributed by atoms with Crippen LogP contribution in [-0.4, -0.2) is 39.6 Å². The molecule has 1 heterocycles. The monoisotopic (exact) mass is 288 g/mol. The highest BCUT2D eigenvalue weighted by molar-refractivity contribution is 7.99. The Morgan fingerprint density at radius 2 is 2.11 bits per heavy atom. The number of hydrogen-bond acceptors (Lipinski definition) is 7. The van der Waals surface area contributed by atoms with Crippen molar-refractivity contribution in [2.24, 2.45) is 0 Å². The Morgan fingerprint density at radius 3 is 2.79 bits per heavy atom. The molecule has 1 N–H and O–H groups in total. The average Bonchev–Trinajstić information content (AvgIpc) is 2.82. The van der Waals surface area contributed by atoms with Gasteiger partial charge in [0.1, 0.15) is 0 Å². The van der Waals surface area contributed by atoms with Crippen LogP contribution < -0.4 is 0 Å². The predicted octanol–water partition coefficient (Wildman–Crippen LogP) is 1.98. The van der Waals surface area contributed by atoms with E-state index in [-0.39, 0.29) is 18.9 Å². The Labute approximate surface area is 114 Å². The average molecular weight is 288 g/mol. The van der Waals surface area contributed by atoms with Crippen LogP contribution in [0.4, 0.5) is 0 Å². The molecule has 1 aromatic heterocycles.